The van der Waals surface area contributed by atoms with Crippen LogP contribution >= 0.6 is 0 Å². The van der Waals surface area contributed by atoms with E-state index in [1.165, 1.54) is 17.7 Å². The van der Waals surface area contributed by atoms with Crippen molar-refractivity contribution in [1.82, 2.24) is 24.8 Å². The largest absolute Gasteiger partial charge is 0.496 e. The van der Waals surface area contributed by atoms with Gasteiger partial charge in [-0.1, -0.05) is 18.2 Å². The first-order valence-corrected chi connectivity index (χ1v) is 11.3. The Morgan fingerprint density at radius 1 is 1.06 bits per heavy atom. The van der Waals surface area contributed by atoms with Gasteiger partial charge in [0, 0.05) is 35.9 Å². The van der Waals surface area contributed by atoms with Crippen molar-refractivity contribution in [3.63, 3.8) is 0 Å². The molecule has 2 aromatic carbocycles. The molecule has 4 heterocycles. The number of rotatable bonds is 5. The second-order valence-electron chi connectivity index (χ2n) is 8.56. The average Bonchev–Trinajstić information content (AvgIpc) is 3.48. The van der Waals surface area contributed by atoms with Gasteiger partial charge >= 0.3 is 0 Å². The number of H-pyrrole nitrogens is 2. The zero-order valence-corrected chi connectivity index (χ0v) is 18.8. The van der Waals surface area contributed by atoms with Crippen molar-refractivity contribution in [2.75, 3.05) is 20.2 Å². The lowest BCUT2D eigenvalue weighted by Crippen LogP contribution is -2.28. The lowest BCUT2D eigenvalue weighted by Gasteiger charge is -2.25. The Labute approximate surface area is 196 Å². The van der Waals surface area contributed by atoms with Crippen LogP contribution in [0.1, 0.15) is 17.9 Å². The van der Waals surface area contributed by atoms with Crippen LogP contribution in [0.25, 0.3) is 38.8 Å². The number of aromatic amines is 2. The molecule has 0 spiro atoms. The number of benzene rings is 2. The highest BCUT2D eigenvalue weighted by molar-refractivity contribution is 5.96. The molecule has 0 radical (unpaired) electrons. The van der Waals surface area contributed by atoms with Crippen molar-refractivity contribution >= 4 is 27.6 Å². The Hall–Kier alpha value is -3.97. The van der Waals surface area contributed by atoms with E-state index in [0.29, 0.717) is 5.75 Å². The van der Waals surface area contributed by atoms with Crippen molar-refractivity contribution in [1.29, 1.82) is 0 Å². The van der Waals surface area contributed by atoms with Gasteiger partial charge in [0.15, 0.2) is 0 Å². The number of nitrogens with zero attached hydrogens (tertiary/aromatic N) is 3. The third-order valence-electron chi connectivity index (χ3n) is 6.43. The van der Waals surface area contributed by atoms with Crippen molar-refractivity contribution in [3.8, 4) is 16.9 Å². The molecule has 2 N–H and O–H groups in total. The van der Waals surface area contributed by atoms with E-state index in [4.69, 9.17) is 9.72 Å². The van der Waals surface area contributed by atoms with Crippen LogP contribution in [0.5, 0.6) is 5.75 Å². The van der Waals surface area contributed by atoms with E-state index in [9.17, 15) is 4.39 Å². The summed E-state index contributed by atoms with van der Waals surface area (Å²) in [4.78, 5) is 18.5. The summed E-state index contributed by atoms with van der Waals surface area (Å²) < 4.78 is 19.5. The molecule has 3 aromatic heterocycles. The normalized spacial score (nSPS) is 14.6. The number of para-hydroxylation sites is 2. The Kier molecular flexibility index (Phi) is 5.11. The smallest absolute Gasteiger partial charge is 0.138 e. The molecule has 0 saturated carbocycles. The molecule has 6 rings (SSSR count). The number of hydrogen-bond donors (Lipinski definition) is 2. The maximum Gasteiger partial charge on any atom is 0.138 e. The molecule has 7 heteroatoms. The second-order valence-corrected chi connectivity index (χ2v) is 8.56. The zero-order valence-electron chi connectivity index (χ0n) is 18.8. The number of halogens is 1. The first kappa shape index (κ1) is 20.6. The summed E-state index contributed by atoms with van der Waals surface area (Å²) in [5.74, 6) is 1.33. The molecule has 0 saturated heterocycles. The number of methoxy groups -OCH3 is 1. The Bertz CT molecular complexity index is 1500. The standard InChI is InChI=1S/C27H24FN5O/c1-34-25-7-6-18(28)14-20(25)19-8-11-29-27-21(19)15-24(32-27)17-9-12-33(13-10-17)16-26-30-22-4-2-3-5-23(22)31-26/h2-9,11,14-15H,10,12-13,16H2,1H3,(H,29,32)(H,30,31). The van der Waals surface area contributed by atoms with Crippen molar-refractivity contribution in [3.05, 3.63) is 84.2 Å². The number of aromatic nitrogens is 4. The number of imidazole rings is 1. The van der Waals surface area contributed by atoms with Gasteiger partial charge in [-0.3, -0.25) is 4.90 Å². The summed E-state index contributed by atoms with van der Waals surface area (Å²) >= 11 is 0. The zero-order chi connectivity index (χ0) is 23.1. The van der Waals surface area contributed by atoms with Gasteiger partial charge in [0.2, 0.25) is 0 Å². The van der Waals surface area contributed by atoms with Crippen LogP contribution in [-0.4, -0.2) is 45.0 Å². The third kappa shape index (κ3) is 3.74. The lowest BCUT2D eigenvalue weighted by molar-refractivity contribution is 0.287. The molecular formula is C27H24FN5O. The molecule has 0 bridgehead atoms. The number of pyridine rings is 1. The van der Waals surface area contributed by atoms with Crippen LogP contribution in [0.2, 0.25) is 0 Å². The average molecular weight is 454 g/mol. The van der Waals surface area contributed by atoms with E-state index < -0.39 is 0 Å². The van der Waals surface area contributed by atoms with Crippen LogP contribution in [0, 0.1) is 5.82 Å². The Morgan fingerprint density at radius 3 is 2.79 bits per heavy atom. The maximum absolute atomic E-state index is 14.0. The fraction of sp³-hybridized carbons (Fsp3) is 0.185. The number of fused-ring (bicyclic) bond motifs is 2. The minimum atomic E-state index is -0.295. The van der Waals surface area contributed by atoms with Crippen molar-refractivity contribution in [2.24, 2.45) is 0 Å². The van der Waals surface area contributed by atoms with Gasteiger partial charge < -0.3 is 14.7 Å². The van der Waals surface area contributed by atoms with Crippen molar-refractivity contribution in [2.45, 2.75) is 13.0 Å². The van der Waals surface area contributed by atoms with E-state index in [-0.39, 0.29) is 5.82 Å². The molecule has 34 heavy (non-hydrogen) atoms. The topological polar surface area (TPSA) is 69.8 Å². The molecule has 0 fully saturated rings. The van der Waals surface area contributed by atoms with Gasteiger partial charge in [-0.05, 0) is 60.0 Å². The van der Waals surface area contributed by atoms with Crippen LogP contribution in [0.4, 0.5) is 4.39 Å². The maximum atomic E-state index is 14.0. The van der Waals surface area contributed by atoms with Gasteiger partial charge in [-0.2, -0.15) is 0 Å². The fourth-order valence-corrected chi connectivity index (χ4v) is 4.72. The monoisotopic (exact) mass is 453 g/mol. The molecule has 1 aliphatic heterocycles. The van der Waals surface area contributed by atoms with E-state index >= 15 is 0 Å². The fourth-order valence-electron chi connectivity index (χ4n) is 4.72. The van der Waals surface area contributed by atoms with Gasteiger partial charge in [0.25, 0.3) is 0 Å². The van der Waals surface area contributed by atoms with Crippen LogP contribution in [-0.2, 0) is 6.54 Å². The number of ether oxygens (including phenoxy) is 1. The van der Waals surface area contributed by atoms with E-state index in [1.807, 2.05) is 24.3 Å². The first-order chi connectivity index (χ1) is 16.7. The van der Waals surface area contributed by atoms with Crippen LogP contribution in [0.15, 0.2) is 66.9 Å². The highest BCUT2D eigenvalue weighted by Crippen LogP contribution is 2.36. The summed E-state index contributed by atoms with van der Waals surface area (Å²) in [6.45, 7) is 2.58. The number of hydrogen-bond acceptors (Lipinski definition) is 4. The molecule has 0 unspecified atom stereocenters. The SMILES string of the molecule is COc1ccc(F)cc1-c1ccnc2[nH]c(C3=CCN(Cc4nc5ccccc5[nH]4)CC3)cc12. The quantitative estimate of drug-likeness (QED) is 0.366. The minimum Gasteiger partial charge on any atom is -0.496 e. The highest BCUT2D eigenvalue weighted by Gasteiger charge is 2.18. The summed E-state index contributed by atoms with van der Waals surface area (Å²) in [6, 6.07) is 16.7. The molecular weight excluding hydrogens is 429 g/mol. The summed E-state index contributed by atoms with van der Waals surface area (Å²) in [5, 5.41) is 0.951. The van der Waals surface area contributed by atoms with Gasteiger partial charge in [-0.15, -0.1) is 0 Å². The summed E-state index contributed by atoms with van der Waals surface area (Å²) in [7, 11) is 1.60. The number of nitrogens with one attached hydrogen (secondary N) is 2. The predicted molar refractivity (Wildman–Crippen MR) is 132 cm³/mol. The van der Waals surface area contributed by atoms with E-state index in [0.717, 1.165) is 70.8 Å². The van der Waals surface area contributed by atoms with E-state index in [2.05, 4.69) is 38.1 Å². The molecule has 0 atom stereocenters. The summed E-state index contributed by atoms with van der Waals surface area (Å²) in [5.41, 5.74) is 6.78. The predicted octanol–water partition coefficient (Wildman–Crippen LogP) is 5.54. The summed E-state index contributed by atoms with van der Waals surface area (Å²) in [6.07, 6.45) is 4.93. The van der Waals surface area contributed by atoms with Gasteiger partial charge in [0.1, 0.15) is 23.0 Å². The lowest BCUT2D eigenvalue weighted by atomic mass is 10.0. The second kappa shape index (κ2) is 8.43. The molecule has 170 valence electrons. The first-order valence-electron chi connectivity index (χ1n) is 11.3. The molecule has 0 amide bonds. The Morgan fingerprint density at radius 2 is 1.97 bits per heavy atom. The van der Waals surface area contributed by atoms with Gasteiger partial charge in [-0.25, -0.2) is 14.4 Å². The van der Waals surface area contributed by atoms with Crippen molar-refractivity contribution < 1.29 is 9.13 Å². The van der Waals surface area contributed by atoms with Crippen LogP contribution < -0.4 is 4.74 Å². The Balaban J connectivity index is 1.26. The van der Waals surface area contributed by atoms with E-state index in [1.54, 1.807) is 19.4 Å². The minimum absolute atomic E-state index is 0.295. The molecule has 1 aliphatic rings. The molecule has 5 aromatic rings. The highest BCUT2D eigenvalue weighted by atomic mass is 19.1. The van der Waals surface area contributed by atoms with Crippen LogP contribution in [0.3, 0.4) is 0 Å². The molecule has 0 aliphatic carbocycles. The van der Waals surface area contributed by atoms with Gasteiger partial charge in [0.05, 0.1) is 24.7 Å². The third-order valence-corrected chi connectivity index (χ3v) is 6.43. The molecule has 6 nitrogen and oxygen atoms in total.